The van der Waals surface area contributed by atoms with E-state index in [4.69, 9.17) is 4.42 Å². The van der Waals surface area contributed by atoms with Gasteiger partial charge in [0, 0.05) is 5.56 Å². The van der Waals surface area contributed by atoms with Gasteiger partial charge in [0.2, 0.25) is 0 Å². The third kappa shape index (κ3) is 1.83. The van der Waals surface area contributed by atoms with Gasteiger partial charge in [-0.05, 0) is 28.5 Å². The van der Waals surface area contributed by atoms with Gasteiger partial charge in [-0.3, -0.25) is 0 Å². The Balaban J connectivity index is 2.06. The maximum Gasteiger partial charge on any atom is 0.107 e. The van der Waals surface area contributed by atoms with E-state index in [9.17, 15) is 5.11 Å². The molecule has 2 aromatic carbocycles. The van der Waals surface area contributed by atoms with Crippen LogP contribution in [0.5, 0.6) is 0 Å². The number of hydrogen-bond acceptors (Lipinski definition) is 2. The molecule has 0 saturated carbocycles. The Morgan fingerprint density at radius 1 is 0.882 bits per heavy atom. The van der Waals surface area contributed by atoms with Crippen LogP contribution in [0.4, 0.5) is 0 Å². The lowest BCUT2D eigenvalue weighted by atomic mass is 10.0. The Labute approximate surface area is 99.1 Å². The van der Waals surface area contributed by atoms with Crippen molar-refractivity contribution in [3.8, 4) is 0 Å². The zero-order chi connectivity index (χ0) is 11.7. The molecule has 0 bridgehead atoms. The molecule has 0 spiro atoms. The maximum atomic E-state index is 10.2. The largest absolute Gasteiger partial charge is 0.472 e. The van der Waals surface area contributed by atoms with E-state index in [1.165, 1.54) is 5.39 Å². The average molecular weight is 224 g/mol. The summed E-state index contributed by atoms with van der Waals surface area (Å²) < 4.78 is 4.98. The fraction of sp³-hybridized carbons (Fsp3) is 0.0667. The first kappa shape index (κ1) is 10.1. The minimum atomic E-state index is -0.627. The van der Waals surface area contributed by atoms with Crippen molar-refractivity contribution in [1.82, 2.24) is 0 Å². The molecule has 1 atom stereocenters. The van der Waals surface area contributed by atoms with Gasteiger partial charge in [0.1, 0.15) is 6.10 Å². The van der Waals surface area contributed by atoms with Crippen LogP contribution in [0.1, 0.15) is 17.2 Å². The summed E-state index contributed by atoms with van der Waals surface area (Å²) in [6.45, 7) is 0. The van der Waals surface area contributed by atoms with E-state index in [0.717, 1.165) is 16.5 Å². The second kappa shape index (κ2) is 4.07. The predicted octanol–water partition coefficient (Wildman–Crippen LogP) is 3.51. The van der Waals surface area contributed by atoms with Crippen LogP contribution in [-0.2, 0) is 0 Å². The molecular formula is C15H12O2. The van der Waals surface area contributed by atoms with E-state index in [0.29, 0.717) is 0 Å². The molecule has 2 heteroatoms. The van der Waals surface area contributed by atoms with Gasteiger partial charge in [0.15, 0.2) is 0 Å². The Bertz CT molecular complexity index is 626. The summed E-state index contributed by atoms with van der Waals surface area (Å²) in [5.74, 6) is 0. The normalized spacial score (nSPS) is 12.8. The maximum absolute atomic E-state index is 10.2. The molecule has 0 aliphatic rings. The minimum Gasteiger partial charge on any atom is -0.472 e. The number of aliphatic hydroxyl groups is 1. The molecule has 0 aliphatic heterocycles. The van der Waals surface area contributed by atoms with E-state index in [2.05, 4.69) is 6.07 Å². The first-order valence-electron chi connectivity index (χ1n) is 5.53. The van der Waals surface area contributed by atoms with Crippen molar-refractivity contribution in [1.29, 1.82) is 0 Å². The number of furan rings is 1. The molecule has 84 valence electrons. The molecule has 1 unspecified atom stereocenters. The summed E-state index contributed by atoms with van der Waals surface area (Å²) in [6.07, 6.45) is 2.51. The van der Waals surface area contributed by atoms with Crippen molar-refractivity contribution in [3.63, 3.8) is 0 Å². The minimum absolute atomic E-state index is 0.627. The SMILES string of the molecule is OC(c1ccoc1)c1ccc2ccccc2c1. The average Bonchev–Trinajstić information content (AvgIpc) is 2.91. The van der Waals surface area contributed by atoms with Crippen LogP contribution < -0.4 is 0 Å². The topological polar surface area (TPSA) is 33.4 Å². The van der Waals surface area contributed by atoms with Gasteiger partial charge in [-0.15, -0.1) is 0 Å². The summed E-state index contributed by atoms with van der Waals surface area (Å²) in [5.41, 5.74) is 1.66. The van der Waals surface area contributed by atoms with E-state index < -0.39 is 6.10 Å². The second-order valence-corrected chi connectivity index (χ2v) is 4.07. The number of benzene rings is 2. The molecule has 0 radical (unpaired) electrons. The van der Waals surface area contributed by atoms with Crippen molar-refractivity contribution < 1.29 is 9.52 Å². The van der Waals surface area contributed by atoms with Crippen molar-refractivity contribution in [2.24, 2.45) is 0 Å². The standard InChI is InChI=1S/C15H12O2/c16-15(14-7-8-17-10-14)13-6-5-11-3-1-2-4-12(11)9-13/h1-10,15-16H. The van der Waals surface area contributed by atoms with Gasteiger partial charge < -0.3 is 9.52 Å². The quantitative estimate of drug-likeness (QED) is 0.722. The number of hydrogen-bond donors (Lipinski definition) is 1. The highest BCUT2D eigenvalue weighted by molar-refractivity contribution is 5.83. The monoisotopic (exact) mass is 224 g/mol. The van der Waals surface area contributed by atoms with E-state index in [1.807, 2.05) is 36.4 Å². The highest BCUT2D eigenvalue weighted by Crippen LogP contribution is 2.25. The van der Waals surface area contributed by atoms with Crippen molar-refractivity contribution >= 4 is 10.8 Å². The first-order valence-corrected chi connectivity index (χ1v) is 5.53. The summed E-state index contributed by atoms with van der Waals surface area (Å²) in [7, 11) is 0. The van der Waals surface area contributed by atoms with Gasteiger partial charge in [-0.2, -0.15) is 0 Å². The molecule has 3 aromatic rings. The second-order valence-electron chi connectivity index (χ2n) is 4.07. The van der Waals surface area contributed by atoms with Crippen molar-refractivity contribution in [3.05, 3.63) is 72.2 Å². The molecule has 0 amide bonds. The van der Waals surface area contributed by atoms with E-state index in [-0.39, 0.29) is 0 Å². The van der Waals surface area contributed by atoms with E-state index >= 15 is 0 Å². The number of fused-ring (bicyclic) bond motifs is 1. The summed E-state index contributed by atoms with van der Waals surface area (Å²) >= 11 is 0. The van der Waals surface area contributed by atoms with Gasteiger partial charge in [-0.1, -0.05) is 36.4 Å². The smallest absolute Gasteiger partial charge is 0.107 e. The first-order chi connectivity index (χ1) is 8.34. The predicted molar refractivity (Wildman–Crippen MR) is 66.7 cm³/mol. The molecular weight excluding hydrogens is 212 g/mol. The molecule has 1 aromatic heterocycles. The fourth-order valence-electron chi connectivity index (χ4n) is 2.00. The summed E-state index contributed by atoms with van der Waals surface area (Å²) in [5, 5.41) is 12.5. The molecule has 0 fully saturated rings. The van der Waals surface area contributed by atoms with Crippen LogP contribution in [0.2, 0.25) is 0 Å². The third-order valence-electron chi connectivity index (χ3n) is 2.95. The van der Waals surface area contributed by atoms with Gasteiger partial charge in [0.05, 0.1) is 12.5 Å². The van der Waals surface area contributed by atoms with Crippen molar-refractivity contribution in [2.45, 2.75) is 6.10 Å². The lowest BCUT2D eigenvalue weighted by Crippen LogP contribution is -1.97. The fourth-order valence-corrected chi connectivity index (χ4v) is 2.00. The van der Waals surface area contributed by atoms with Crippen LogP contribution in [0.15, 0.2) is 65.5 Å². The van der Waals surface area contributed by atoms with Gasteiger partial charge >= 0.3 is 0 Å². The Kier molecular flexibility index (Phi) is 2.42. The Morgan fingerprint density at radius 3 is 2.47 bits per heavy atom. The molecule has 1 heterocycles. The van der Waals surface area contributed by atoms with Crippen molar-refractivity contribution in [2.75, 3.05) is 0 Å². The van der Waals surface area contributed by atoms with Crippen LogP contribution in [0.3, 0.4) is 0 Å². The highest BCUT2D eigenvalue weighted by atomic mass is 16.3. The molecule has 1 N–H and O–H groups in total. The molecule has 0 aliphatic carbocycles. The molecule has 3 rings (SSSR count). The summed E-state index contributed by atoms with van der Waals surface area (Å²) in [4.78, 5) is 0. The molecule has 17 heavy (non-hydrogen) atoms. The zero-order valence-electron chi connectivity index (χ0n) is 9.21. The van der Waals surface area contributed by atoms with Gasteiger partial charge in [-0.25, -0.2) is 0 Å². The number of rotatable bonds is 2. The zero-order valence-corrected chi connectivity index (χ0v) is 9.21. The van der Waals surface area contributed by atoms with Crippen LogP contribution in [0.25, 0.3) is 10.8 Å². The van der Waals surface area contributed by atoms with Gasteiger partial charge in [0.25, 0.3) is 0 Å². The van der Waals surface area contributed by atoms with Crippen LogP contribution in [-0.4, -0.2) is 5.11 Å². The Hall–Kier alpha value is -2.06. The lowest BCUT2D eigenvalue weighted by molar-refractivity contribution is 0.219. The van der Waals surface area contributed by atoms with Crippen LogP contribution in [0, 0.1) is 0 Å². The third-order valence-corrected chi connectivity index (χ3v) is 2.95. The highest BCUT2D eigenvalue weighted by Gasteiger charge is 2.11. The van der Waals surface area contributed by atoms with Crippen LogP contribution >= 0.6 is 0 Å². The van der Waals surface area contributed by atoms with E-state index in [1.54, 1.807) is 18.6 Å². The molecule has 0 saturated heterocycles. The lowest BCUT2D eigenvalue weighted by Gasteiger charge is -2.09. The summed E-state index contributed by atoms with van der Waals surface area (Å²) in [6, 6.07) is 15.9. The molecule has 2 nitrogen and oxygen atoms in total. The Morgan fingerprint density at radius 2 is 1.71 bits per heavy atom. The number of aliphatic hydroxyl groups excluding tert-OH is 1.